The average molecular weight is 422 g/mol. The smallest absolute Gasteiger partial charge is 0.171 e. The van der Waals surface area contributed by atoms with Gasteiger partial charge in [-0.2, -0.15) is 5.26 Å². The number of hydrogen-bond acceptors (Lipinski definition) is 4. The van der Waals surface area contributed by atoms with Gasteiger partial charge in [-0.25, -0.2) is 0 Å². The standard InChI is InChI=1S/C24H27N3O2S/c1-15-6-8-16(9-7-15)14-29-19-11-10-17(12-20(19)28-5)21-18(13-25)22(24(2,3)4)27-23(30)26-21/h6-12,21H,14H2,1-5H3,(H2,26,27,30)/t21-/m1/s1. The molecular formula is C24H27N3O2S. The van der Waals surface area contributed by atoms with Gasteiger partial charge in [-0.1, -0.05) is 56.7 Å². The van der Waals surface area contributed by atoms with Crippen LogP contribution < -0.4 is 20.1 Å². The molecule has 0 saturated carbocycles. The normalized spacial score (nSPS) is 16.4. The molecule has 0 saturated heterocycles. The summed E-state index contributed by atoms with van der Waals surface area (Å²) in [4.78, 5) is 0. The summed E-state index contributed by atoms with van der Waals surface area (Å²) in [5.41, 5.74) is 4.39. The van der Waals surface area contributed by atoms with Crippen LogP contribution in [0.4, 0.5) is 0 Å². The monoisotopic (exact) mass is 421 g/mol. The number of hydrogen-bond donors (Lipinski definition) is 2. The number of rotatable bonds is 5. The van der Waals surface area contributed by atoms with E-state index in [4.69, 9.17) is 21.7 Å². The van der Waals surface area contributed by atoms with Crippen LogP contribution in [-0.4, -0.2) is 12.2 Å². The molecule has 2 N–H and O–H groups in total. The summed E-state index contributed by atoms with van der Waals surface area (Å²) < 4.78 is 11.6. The van der Waals surface area contributed by atoms with Crippen LogP contribution in [-0.2, 0) is 6.61 Å². The van der Waals surface area contributed by atoms with Gasteiger partial charge in [0.1, 0.15) is 6.61 Å². The molecule has 30 heavy (non-hydrogen) atoms. The van der Waals surface area contributed by atoms with E-state index in [0.29, 0.717) is 28.8 Å². The molecule has 2 aromatic rings. The van der Waals surface area contributed by atoms with E-state index in [1.54, 1.807) is 7.11 Å². The number of allylic oxidation sites excluding steroid dienone is 1. The molecule has 3 rings (SSSR count). The van der Waals surface area contributed by atoms with Crippen LogP contribution in [0.3, 0.4) is 0 Å². The Hall–Kier alpha value is -3.04. The summed E-state index contributed by atoms with van der Waals surface area (Å²) in [5.74, 6) is 1.26. The molecule has 0 aliphatic carbocycles. The van der Waals surface area contributed by atoms with Crippen molar-refractivity contribution in [2.24, 2.45) is 5.41 Å². The summed E-state index contributed by atoms with van der Waals surface area (Å²) >= 11 is 5.40. The van der Waals surface area contributed by atoms with Crippen LogP contribution in [0.1, 0.15) is 43.5 Å². The molecule has 0 fully saturated rings. The molecule has 0 radical (unpaired) electrons. The Bertz CT molecular complexity index is 1010. The predicted molar refractivity (Wildman–Crippen MR) is 122 cm³/mol. The molecule has 1 atom stereocenters. The van der Waals surface area contributed by atoms with Crippen LogP contribution in [0.15, 0.2) is 53.7 Å². The third kappa shape index (κ3) is 4.74. The molecular weight excluding hydrogens is 394 g/mol. The first-order chi connectivity index (χ1) is 14.2. The molecule has 1 aliphatic rings. The largest absolute Gasteiger partial charge is 0.493 e. The predicted octanol–water partition coefficient (Wildman–Crippen LogP) is 4.93. The molecule has 5 nitrogen and oxygen atoms in total. The fraction of sp³-hybridized carbons (Fsp3) is 0.333. The maximum atomic E-state index is 9.87. The molecule has 0 amide bonds. The SMILES string of the molecule is COc1cc([C@H]2NC(=S)NC(C(C)(C)C)=C2C#N)ccc1OCc1ccc(C)cc1. The number of nitrogens with zero attached hydrogens (tertiary/aromatic N) is 1. The maximum Gasteiger partial charge on any atom is 0.171 e. The van der Waals surface area contributed by atoms with E-state index in [0.717, 1.165) is 16.8 Å². The molecule has 6 heteroatoms. The van der Waals surface area contributed by atoms with Gasteiger partial charge in [0.05, 0.1) is 24.8 Å². The van der Waals surface area contributed by atoms with E-state index in [2.05, 4.69) is 56.5 Å². The molecule has 1 heterocycles. The number of ether oxygens (including phenoxy) is 2. The van der Waals surface area contributed by atoms with Crippen molar-refractivity contribution >= 4 is 17.3 Å². The van der Waals surface area contributed by atoms with Gasteiger partial charge in [0.25, 0.3) is 0 Å². The van der Waals surface area contributed by atoms with E-state index in [1.165, 1.54) is 5.56 Å². The highest BCUT2D eigenvalue weighted by Gasteiger charge is 2.32. The first kappa shape index (κ1) is 21.7. The van der Waals surface area contributed by atoms with Gasteiger partial charge in [-0.05, 0) is 42.4 Å². The first-order valence-electron chi connectivity index (χ1n) is 9.81. The van der Waals surface area contributed by atoms with Crippen LogP contribution in [0.5, 0.6) is 11.5 Å². The van der Waals surface area contributed by atoms with Gasteiger partial charge in [0.2, 0.25) is 0 Å². The number of benzene rings is 2. The molecule has 156 valence electrons. The first-order valence-corrected chi connectivity index (χ1v) is 10.2. The quantitative estimate of drug-likeness (QED) is 0.668. The molecule has 0 aromatic heterocycles. The number of aryl methyl sites for hydroxylation is 1. The molecule has 0 unspecified atom stereocenters. The third-order valence-electron chi connectivity index (χ3n) is 4.98. The van der Waals surface area contributed by atoms with Crippen LogP contribution in [0.25, 0.3) is 0 Å². The summed E-state index contributed by atoms with van der Waals surface area (Å²) in [6.45, 7) is 8.67. The van der Waals surface area contributed by atoms with Gasteiger partial charge < -0.3 is 20.1 Å². The number of thiocarbonyl (C=S) groups is 1. The van der Waals surface area contributed by atoms with Gasteiger partial charge in [-0.3, -0.25) is 0 Å². The average Bonchev–Trinajstić information content (AvgIpc) is 2.72. The van der Waals surface area contributed by atoms with Crippen LogP contribution in [0.2, 0.25) is 0 Å². The van der Waals surface area contributed by atoms with Crippen molar-refractivity contribution in [3.63, 3.8) is 0 Å². The summed E-state index contributed by atoms with van der Waals surface area (Å²) in [5, 5.41) is 16.7. The van der Waals surface area contributed by atoms with Crippen LogP contribution >= 0.6 is 12.2 Å². The van der Waals surface area contributed by atoms with E-state index in [9.17, 15) is 5.26 Å². The zero-order chi connectivity index (χ0) is 21.9. The minimum absolute atomic E-state index is 0.239. The zero-order valence-electron chi connectivity index (χ0n) is 18.0. The summed E-state index contributed by atoms with van der Waals surface area (Å²) in [6, 6.07) is 15.9. The lowest BCUT2D eigenvalue weighted by Crippen LogP contribution is -2.46. The summed E-state index contributed by atoms with van der Waals surface area (Å²) in [6.07, 6.45) is 0. The van der Waals surface area contributed by atoms with Crippen molar-refractivity contribution in [2.45, 2.75) is 40.3 Å². The number of methoxy groups -OCH3 is 1. The van der Waals surface area contributed by atoms with E-state index in [1.807, 2.05) is 30.3 Å². The summed E-state index contributed by atoms with van der Waals surface area (Å²) in [7, 11) is 1.61. The highest BCUT2D eigenvalue weighted by molar-refractivity contribution is 7.80. The Morgan fingerprint density at radius 2 is 1.80 bits per heavy atom. The Morgan fingerprint density at radius 1 is 1.10 bits per heavy atom. The van der Waals surface area contributed by atoms with Crippen molar-refractivity contribution < 1.29 is 9.47 Å². The molecule has 0 bridgehead atoms. The molecule has 1 aliphatic heterocycles. The Labute approximate surface area is 183 Å². The minimum atomic E-state index is -0.349. The topological polar surface area (TPSA) is 66.3 Å². The Balaban J connectivity index is 1.90. The maximum absolute atomic E-state index is 9.87. The van der Waals surface area contributed by atoms with E-state index >= 15 is 0 Å². The van der Waals surface area contributed by atoms with Gasteiger partial charge in [0, 0.05) is 11.1 Å². The fourth-order valence-electron chi connectivity index (χ4n) is 3.35. The van der Waals surface area contributed by atoms with Crippen molar-refractivity contribution in [2.75, 3.05) is 7.11 Å². The Morgan fingerprint density at radius 3 is 2.40 bits per heavy atom. The van der Waals surface area contributed by atoms with Crippen molar-refractivity contribution in [3.05, 3.63) is 70.4 Å². The zero-order valence-corrected chi connectivity index (χ0v) is 18.8. The lowest BCUT2D eigenvalue weighted by molar-refractivity contribution is 0.284. The fourth-order valence-corrected chi connectivity index (χ4v) is 3.57. The van der Waals surface area contributed by atoms with Gasteiger partial charge in [-0.15, -0.1) is 0 Å². The van der Waals surface area contributed by atoms with Crippen molar-refractivity contribution in [3.8, 4) is 17.6 Å². The van der Waals surface area contributed by atoms with Gasteiger partial charge >= 0.3 is 0 Å². The number of nitrogens with one attached hydrogen (secondary N) is 2. The second-order valence-corrected chi connectivity index (χ2v) is 8.77. The highest BCUT2D eigenvalue weighted by atomic mass is 32.1. The van der Waals surface area contributed by atoms with Gasteiger partial charge in [0.15, 0.2) is 16.6 Å². The van der Waals surface area contributed by atoms with E-state index in [-0.39, 0.29) is 11.5 Å². The second kappa shape index (κ2) is 8.76. The molecule has 0 spiro atoms. The second-order valence-electron chi connectivity index (χ2n) is 8.37. The highest BCUT2D eigenvalue weighted by Crippen LogP contribution is 2.37. The van der Waals surface area contributed by atoms with E-state index < -0.39 is 0 Å². The van der Waals surface area contributed by atoms with Crippen LogP contribution in [0, 0.1) is 23.7 Å². The Kier molecular flexibility index (Phi) is 6.33. The van der Waals surface area contributed by atoms with Crippen molar-refractivity contribution in [1.82, 2.24) is 10.6 Å². The lowest BCUT2D eigenvalue weighted by atomic mass is 9.84. The van der Waals surface area contributed by atoms with Crippen molar-refractivity contribution in [1.29, 1.82) is 5.26 Å². The lowest BCUT2D eigenvalue weighted by Gasteiger charge is -2.35. The third-order valence-corrected chi connectivity index (χ3v) is 5.20. The number of nitriles is 1. The molecule has 2 aromatic carbocycles. The minimum Gasteiger partial charge on any atom is -0.493 e.